The first kappa shape index (κ1) is 27.0. The number of benzene rings is 2. The molecule has 0 radical (unpaired) electrons. The lowest BCUT2D eigenvalue weighted by molar-refractivity contribution is -0.104. The number of ether oxygens (including phenoxy) is 1. The fraction of sp³-hybridized carbons (Fsp3) is 0.414. The van der Waals surface area contributed by atoms with E-state index < -0.39 is 0 Å². The molecule has 9 nitrogen and oxygen atoms in total. The molecule has 1 aromatic heterocycles. The van der Waals surface area contributed by atoms with Crippen molar-refractivity contribution in [1.82, 2.24) is 19.8 Å². The van der Waals surface area contributed by atoms with E-state index in [1.807, 2.05) is 51.5 Å². The van der Waals surface area contributed by atoms with Crippen LogP contribution < -0.4 is 14.5 Å². The largest absolute Gasteiger partial charge is 0.506 e. The number of phenolic OH excluding ortho intramolecular Hbond substituents is 1. The first-order chi connectivity index (χ1) is 18.8. The van der Waals surface area contributed by atoms with Gasteiger partial charge in [0.2, 0.25) is 0 Å². The molecule has 5 rings (SSSR count). The normalized spacial score (nSPS) is 16.7. The van der Waals surface area contributed by atoms with Crippen LogP contribution in [0.2, 0.25) is 5.02 Å². The second kappa shape index (κ2) is 11.7. The maximum Gasteiger partial charge on any atom is 0.318 e. The van der Waals surface area contributed by atoms with Gasteiger partial charge in [-0.25, -0.2) is 0 Å². The van der Waals surface area contributed by atoms with E-state index in [-0.39, 0.29) is 11.9 Å². The third-order valence-electron chi connectivity index (χ3n) is 7.22. The van der Waals surface area contributed by atoms with Crippen molar-refractivity contribution < 1.29 is 14.6 Å². The molecule has 3 heterocycles. The number of piperazine rings is 1. The number of likely N-dealkylation sites (N-methyl/N-ethyl adjacent to an activating group) is 1. The second-order valence-corrected chi connectivity index (χ2v) is 10.8. The number of halogens is 1. The minimum atomic E-state index is -0.0759. The molecule has 0 aliphatic carbocycles. The summed E-state index contributed by atoms with van der Waals surface area (Å²) in [6.07, 6.45) is 4.88. The van der Waals surface area contributed by atoms with Gasteiger partial charge in [-0.05, 0) is 33.5 Å². The van der Waals surface area contributed by atoms with Gasteiger partial charge in [0.05, 0.1) is 17.3 Å². The first-order valence-electron chi connectivity index (χ1n) is 13.3. The van der Waals surface area contributed by atoms with Crippen molar-refractivity contribution in [2.24, 2.45) is 0 Å². The van der Waals surface area contributed by atoms with Crippen molar-refractivity contribution in [2.45, 2.75) is 26.0 Å². The minimum Gasteiger partial charge on any atom is -0.506 e. The van der Waals surface area contributed by atoms with Gasteiger partial charge in [0.15, 0.2) is 0 Å². The van der Waals surface area contributed by atoms with E-state index in [4.69, 9.17) is 26.3 Å². The SMILES string of the molecule is C[C@H](CN(C)C)Oc1nc2c(c(N3CCN(C=CC=O)CC3)n1)CCN(c1cc(O)c(Cl)c3ccccc13)C2. The average Bonchev–Trinajstić information content (AvgIpc) is 2.93. The van der Waals surface area contributed by atoms with Crippen LogP contribution in [-0.4, -0.2) is 90.6 Å². The Balaban J connectivity index is 1.48. The Hall–Kier alpha value is -3.56. The molecule has 2 aromatic carbocycles. The van der Waals surface area contributed by atoms with E-state index in [1.54, 1.807) is 6.07 Å². The van der Waals surface area contributed by atoms with Gasteiger partial charge < -0.3 is 29.4 Å². The van der Waals surface area contributed by atoms with Crippen molar-refractivity contribution in [1.29, 1.82) is 0 Å². The molecule has 0 saturated carbocycles. The van der Waals surface area contributed by atoms with Crippen molar-refractivity contribution in [3.8, 4) is 11.8 Å². The summed E-state index contributed by atoms with van der Waals surface area (Å²) in [6.45, 7) is 7.29. The van der Waals surface area contributed by atoms with Crippen molar-refractivity contribution in [3.05, 3.63) is 58.9 Å². The van der Waals surface area contributed by atoms with Crippen molar-refractivity contribution in [3.63, 3.8) is 0 Å². The van der Waals surface area contributed by atoms with Gasteiger partial charge in [-0.2, -0.15) is 9.97 Å². The first-order valence-corrected chi connectivity index (χ1v) is 13.7. The smallest absolute Gasteiger partial charge is 0.318 e. The van der Waals surface area contributed by atoms with Crippen LogP contribution in [-0.2, 0) is 17.8 Å². The summed E-state index contributed by atoms with van der Waals surface area (Å²) in [6, 6.07) is 10.0. The number of hydrogen-bond acceptors (Lipinski definition) is 9. The van der Waals surface area contributed by atoms with Crippen molar-refractivity contribution >= 4 is 40.2 Å². The maximum absolute atomic E-state index is 10.7. The van der Waals surface area contributed by atoms with E-state index in [1.165, 1.54) is 6.08 Å². The minimum absolute atomic E-state index is 0.0718. The summed E-state index contributed by atoms with van der Waals surface area (Å²) in [4.78, 5) is 29.3. The lowest BCUT2D eigenvalue weighted by Crippen LogP contribution is -2.45. The molecule has 1 fully saturated rings. The molecule has 206 valence electrons. The van der Waals surface area contributed by atoms with Gasteiger partial charge in [0, 0.05) is 73.6 Å². The zero-order valence-electron chi connectivity index (χ0n) is 22.7. The number of carbonyl (C=O) groups is 1. The summed E-state index contributed by atoms with van der Waals surface area (Å²) >= 11 is 6.43. The third-order valence-corrected chi connectivity index (χ3v) is 7.62. The lowest BCUT2D eigenvalue weighted by atomic mass is 10.0. The van der Waals surface area contributed by atoms with Crippen LogP contribution in [0, 0.1) is 0 Å². The van der Waals surface area contributed by atoms with Crippen LogP contribution in [0.15, 0.2) is 42.6 Å². The topological polar surface area (TPSA) is 85.3 Å². The number of fused-ring (bicyclic) bond motifs is 2. The van der Waals surface area contributed by atoms with Crippen LogP contribution in [0.4, 0.5) is 11.5 Å². The summed E-state index contributed by atoms with van der Waals surface area (Å²) in [5, 5.41) is 12.8. The van der Waals surface area contributed by atoms with Gasteiger partial charge in [-0.1, -0.05) is 35.9 Å². The molecule has 1 atom stereocenters. The summed E-state index contributed by atoms with van der Waals surface area (Å²) in [5.41, 5.74) is 3.00. The number of aromatic hydroxyl groups is 1. The predicted octanol–water partition coefficient (Wildman–Crippen LogP) is 3.72. The van der Waals surface area contributed by atoms with E-state index in [0.29, 0.717) is 17.6 Å². The van der Waals surface area contributed by atoms with Gasteiger partial charge >= 0.3 is 6.01 Å². The average molecular weight is 551 g/mol. The summed E-state index contributed by atoms with van der Waals surface area (Å²) in [5.74, 6) is 0.997. The molecule has 0 unspecified atom stereocenters. The van der Waals surface area contributed by atoms with Crippen LogP contribution in [0.25, 0.3) is 10.8 Å². The Labute approximate surface area is 234 Å². The molecule has 1 saturated heterocycles. The van der Waals surface area contributed by atoms with Crippen LogP contribution in [0.5, 0.6) is 11.8 Å². The van der Waals surface area contributed by atoms with E-state index in [9.17, 15) is 9.90 Å². The molecule has 0 spiro atoms. The number of aromatic nitrogens is 2. The van der Waals surface area contributed by atoms with E-state index in [2.05, 4.69) is 19.6 Å². The van der Waals surface area contributed by atoms with Gasteiger partial charge in [-0.15, -0.1) is 0 Å². The van der Waals surface area contributed by atoms with Gasteiger partial charge in [-0.3, -0.25) is 4.79 Å². The Morgan fingerprint density at radius 3 is 2.56 bits per heavy atom. The molecule has 10 heteroatoms. The standard InChI is InChI=1S/C29H35ClN6O3/c1-20(18-33(2)3)39-29-31-24-19-36(25-17-26(38)27(30)22-8-5-4-7-21(22)25)11-9-23(24)28(32-29)35-14-12-34(13-15-35)10-6-16-37/h4-8,10,16-17,20,38H,9,11-15,18-19H2,1-3H3/t20-/m1/s1. The third kappa shape index (κ3) is 5.89. The number of rotatable bonds is 8. The van der Waals surface area contributed by atoms with Crippen molar-refractivity contribution in [2.75, 3.05) is 63.2 Å². The molecular formula is C29H35ClN6O3. The zero-order chi connectivity index (χ0) is 27.5. The number of phenols is 1. The van der Waals surface area contributed by atoms with Gasteiger partial charge in [0.25, 0.3) is 0 Å². The monoisotopic (exact) mass is 550 g/mol. The number of allylic oxidation sites excluding steroid dienone is 1. The molecule has 0 amide bonds. The zero-order valence-corrected chi connectivity index (χ0v) is 23.4. The highest BCUT2D eigenvalue weighted by molar-refractivity contribution is 6.37. The summed E-state index contributed by atoms with van der Waals surface area (Å²) in [7, 11) is 4.03. The molecule has 39 heavy (non-hydrogen) atoms. The highest BCUT2D eigenvalue weighted by atomic mass is 35.5. The van der Waals surface area contributed by atoms with Gasteiger partial charge in [0.1, 0.15) is 24.0 Å². The maximum atomic E-state index is 10.7. The highest BCUT2D eigenvalue weighted by Crippen LogP contribution is 2.41. The number of carbonyl (C=O) groups excluding carboxylic acids is 1. The Morgan fingerprint density at radius 2 is 1.85 bits per heavy atom. The predicted molar refractivity (Wildman–Crippen MR) is 155 cm³/mol. The van der Waals surface area contributed by atoms with Crippen LogP contribution in [0.3, 0.4) is 0 Å². The van der Waals surface area contributed by atoms with E-state index >= 15 is 0 Å². The number of anilines is 2. The molecular weight excluding hydrogens is 516 g/mol. The molecule has 2 aliphatic rings. The Morgan fingerprint density at radius 1 is 1.10 bits per heavy atom. The molecule has 3 aromatic rings. The lowest BCUT2D eigenvalue weighted by Gasteiger charge is -2.38. The quantitative estimate of drug-likeness (QED) is 0.333. The van der Waals surface area contributed by atoms with E-state index in [0.717, 1.165) is 85.5 Å². The second-order valence-electron chi connectivity index (χ2n) is 10.4. The number of nitrogens with zero attached hydrogens (tertiary/aromatic N) is 6. The Kier molecular flexibility index (Phi) is 8.09. The molecule has 0 bridgehead atoms. The number of hydrogen-bond donors (Lipinski definition) is 1. The van der Waals surface area contributed by atoms with Crippen LogP contribution in [0.1, 0.15) is 18.2 Å². The molecule has 1 N–H and O–H groups in total. The fourth-order valence-corrected chi connectivity index (χ4v) is 5.67. The van der Waals surface area contributed by atoms with Crippen LogP contribution >= 0.6 is 11.6 Å². The molecule has 2 aliphatic heterocycles. The number of aldehydes is 1. The highest BCUT2D eigenvalue weighted by Gasteiger charge is 2.29. The summed E-state index contributed by atoms with van der Waals surface area (Å²) < 4.78 is 6.22. The Bertz CT molecular complexity index is 1370. The fourth-order valence-electron chi connectivity index (χ4n) is 5.45.